The van der Waals surface area contributed by atoms with Gasteiger partial charge in [0.25, 0.3) is 0 Å². The zero-order valence-electron chi connectivity index (χ0n) is 28.4. The number of pyridine rings is 1. The van der Waals surface area contributed by atoms with Crippen LogP contribution in [0.15, 0.2) is 150 Å². The highest BCUT2D eigenvalue weighted by atomic mass is 16.3. The number of nitrogens with two attached hydrogens (primary N) is 1. The van der Waals surface area contributed by atoms with Gasteiger partial charge in [0, 0.05) is 40.2 Å². The molecule has 4 nitrogen and oxygen atoms in total. The summed E-state index contributed by atoms with van der Waals surface area (Å²) in [5.41, 5.74) is 20.6. The minimum atomic E-state index is -0.0963. The molecule has 0 atom stereocenters. The lowest BCUT2D eigenvalue weighted by atomic mass is 9.81. The first-order chi connectivity index (χ1) is 24.3. The van der Waals surface area contributed by atoms with Gasteiger partial charge >= 0.3 is 0 Å². The lowest BCUT2D eigenvalue weighted by molar-refractivity contribution is 0.591. The number of hydrogen-bond donors (Lipinski definition) is 1. The summed E-state index contributed by atoms with van der Waals surface area (Å²) in [5, 5.41) is 4.62. The van der Waals surface area contributed by atoms with Crippen molar-refractivity contribution in [2.75, 3.05) is 0 Å². The van der Waals surface area contributed by atoms with E-state index in [0.717, 1.165) is 67.4 Å². The van der Waals surface area contributed by atoms with E-state index in [2.05, 4.69) is 152 Å². The van der Waals surface area contributed by atoms with Crippen LogP contribution in [0.4, 0.5) is 0 Å². The summed E-state index contributed by atoms with van der Waals surface area (Å²) in [4.78, 5) is 4.53. The molecule has 0 spiro atoms. The third kappa shape index (κ3) is 4.95. The van der Waals surface area contributed by atoms with Crippen molar-refractivity contribution in [3.05, 3.63) is 168 Å². The lowest BCUT2D eigenvalue weighted by Gasteiger charge is -2.25. The second-order valence-electron chi connectivity index (χ2n) is 14.3. The quantitative estimate of drug-likeness (QED) is 0.207. The smallest absolute Gasteiger partial charge is 0.145 e. The Morgan fingerprint density at radius 2 is 1.58 bits per heavy atom. The molecule has 1 aliphatic rings. The summed E-state index contributed by atoms with van der Waals surface area (Å²) >= 11 is 0. The Kier molecular flexibility index (Phi) is 6.89. The Labute approximate surface area is 291 Å². The molecular formula is C46H37N3O. The molecule has 1 aliphatic carbocycles. The molecule has 9 rings (SSSR count). The van der Waals surface area contributed by atoms with Crippen molar-refractivity contribution in [3.63, 3.8) is 0 Å². The Bertz CT molecular complexity index is 2710. The maximum atomic E-state index is 6.58. The number of furan rings is 1. The first-order valence-corrected chi connectivity index (χ1v) is 17.2. The number of rotatable bonds is 4. The summed E-state index contributed by atoms with van der Waals surface area (Å²) in [5.74, 6) is 0. The van der Waals surface area contributed by atoms with Gasteiger partial charge in [-0.2, -0.15) is 0 Å². The Balaban J connectivity index is 1.10. The Morgan fingerprint density at radius 1 is 0.780 bits per heavy atom. The predicted molar refractivity (Wildman–Crippen MR) is 209 cm³/mol. The van der Waals surface area contributed by atoms with Gasteiger partial charge in [-0.3, -0.25) is 4.98 Å². The van der Waals surface area contributed by atoms with Crippen molar-refractivity contribution in [1.29, 1.82) is 0 Å². The summed E-state index contributed by atoms with van der Waals surface area (Å²) in [6, 6.07) is 41.0. The average molecular weight is 648 g/mol. The molecule has 5 aromatic carbocycles. The zero-order chi connectivity index (χ0) is 34.0. The van der Waals surface area contributed by atoms with E-state index in [0.29, 0.717) is 0 Å². The van der Waals surface area contributed by atoms with E-state index >= 15 is 0 Å². The molecule has 50 heavy (non-hydrogen) atoms. The minimum absolute atomic E-state index is 0.0963. The first-order valence-electron chi connectivity index (χ1n) is 17.2. The molecule has 0 radical (unpaired) electrons. The Hall–Kier alpha value is -6.13. The second-order valence-corrected chi connectivity index (χ2v) is 14.3. The van der Waals surface area contributed by atoms with Crippen molar-refractivity contribution in [2.45, 2.75) is 32.6 Å². The van der Waals surface area contributed by atoms with E-state index in [4.69, 9.17) is 10.2 Å². The highest BCUT2D eigenvalue weighted by molar-refractivity contribution is 6.23. The standard InChI is InChI=1S/C46H37N3O/c1-46(2,3)38-28-33(49-41-12-6-4-11-37(41)44-42(49)25-23-36-35-10-5-7-13-43(35)50-45(36)44)21-22-34(38)30-17-19-31(20-18-30)39(47)24-15-29-14-16-32-9-8-26-48-40(32)27-29/h4-26,28H,27,47H2,1-3H3/b29-15-,39-24-. The largest absolute Gasteiger partial charge is 0.455 e. The third-order valence-electron chi connectivity index (χ3n) is 10.0. The molecule has 2 N–H and O–H groups in total. The molecular weight excluding hydrogens is 611 g/mol. The molecule has 3 heterocycles. The van der Waals surface area contributed by atoms with E-state index in [1.807, 2.05) is 24.4 Å². The summed E-state index contributed by atoms with van der Waals surface area (Å²) in [7, 11) is 0. The van der Waals surface area contributed by atoms with Crippen molar-refractivity contribution in [3.8, 4) is 16.8 Å². The fraction of sp³-hybridized carbons (Fsp3) is 0.109. The van der Waals surface area contributed by atoms with Crippen LogP contribution in [0.5, 0.6) is 0 Å². The molecule has 0 aliphatic heterocycles. The number of aromatic nitrogens is 2. The molecule has 3 aromatic heterocycles. The van der Waals surface area contributed by atoms with E-state index in [1.165, 1.54) is 33.2 Å². The highest BCUT2D eigenvalue weighted by Crippen LogP contribution is 2.42. The summed E-state index contributed by atoms with van der Waals surface area (Å²) in [6.45, 7) is 6.86. The summed E-state index contributed by atoms with van der Waals surface area (Å²) < 4.78 is 8.91. The topological polar surface area (TPSA) is 57.0 Å². The molecule has 4 heteroatoms. The van der Waals surface area contributed by atoms with Gasteiger partial charge in [0.1, 0.15) is 11.2 Å². The van der Waals surface area contributed by atoms with E-state index in [9.17, 15) is 0 Å². The van der Waals surface area contributed by atoms with Crippen LogP contribution in [0, 0.1) is 0 Å². The van der Waals surface area contributed by atoms with E-state index < -0.39 is 0 Å². The molecule has 8 aromatic rings. The van der Waals surface area contributed by atoms with Crippen LogP contribution in [-0.4, -0.2) is 9.55 Å². The lowest BCUT2D eigenvalue weighted by Crippen LogP contribution is -2.13. The van der Waals surface area contributed by atoms with Gasteiger partial charge in [0.05, 0.1) is 22.1 Å². The van der Waals surface area contributed by atoms with E-state index in [1.54, 1.807) is 0 Å². The minimum Gasteiger partial charge on any atom is -0.455 e. The molecule has 0 amide bonds. The summed E-state index contributed by atoms with van der Waals surface area (Å²) in [6.07, 6.45) is 11.0. The fourth-order valence-electron chi connectivity index (χ4n) is 7.51. The number of benzene rings is 5. The number of nitrogens with zero attached hydrogens (tertiary/aromatic N) is 2. The van der Waals surface area contributed by atoms with Crippen molar-refractivity contribution in [1.82, 2.24) is 9.55 Å². The zero-order valence-corrected chi connectivity index (χ0v) is 28.4. The molecule has 242 valence electrons. The van der Waals surface area contributed by atoms with Crippen LogP contribution >= 0.6 is 0 Å². The number of para-hydroxylation sites is 2. The molecule has 0 fully saturated rings. The normalized spacial score (nSPS) is 14.4. The predicted octanol–water partition coefficient (Wildman–Crippen LogP) is 11.5. The van der Waals surface area contributed by atoms with Crippen molar-refractivity contribution < 1.29 is 4.42 Å². The maximum Gasteiger partial charge on any atom is 0.145 e. The van der Waals surface area contributed by atoms with Gasteiger partial charge in [0.2, 0.25) is 0 Å². The first kappa shape index (κ1) is 30.0. The number of hydrogen-bond acceptors (Lipinski definition) is 3. The SMILES string of the molecule is CC(C)(C)c1cc(-n2c3ccccc3c3c4oc5ccccc5c4ccc32)ccc1-c1ccc(/C(N)=C/C=C2/C=Cc3cccnc3C2)cc1. The van der Waals surface area contributed by atoms with Gasteiger partial charge in [-0.25, -0.2) is 0 Å². The van der Waals surface area contributed by atoms with Gasteiger partial charge in [-0.1, -0.05) is 112 Å². The Morgan fingerprint density at radius 3 is 2.42 bits per heavy atom. The molecule has 0 unspecified atom stereocenters. The van der Waals surface area contributed by atoms with Gasteiger partial charge < -0.3 is 14.7 Å². The van der Waals surface area contributed by atoms with Gasteiger partial charge in [-0.15, -0.1) is 0 Å². The average Bonchev–Trinajstić information content (AvgIpc) is 3.69. The maximum absolute atomic E-state index is 6.58. The molecule has 0 saturated heterocycles. The number of allylic oxidation sites excluding steroid dienone is 4. The fourth-order valence-corrected chi connectivity index (χ4v) is 7.51. The van der Waals surface area contributed by atoms with E-state index in [-0.39, 0.29) is 5.41 Å². The van der Waals surface area contributed by atoms with Crippen LogP contribution < -0.4 is 5.73 Å². The van der Waals surface area contributed by atoms with Gasteiger partial charge in [-0.05, 0) is 87.3 Å². The van der Waals surface area contributed by atoms with Crippen LogP contribution in [0.2, 0.25) is 0 Å². The van der Waals surface area contributed by atoms with Crippen molar-refractivity contribution in [2.24, 2.45) is 5.73 Å². The highest BCUT2D eigenvalue weighted by Gasteiger charge is 2.23. The van der Waals surface area contributed by atoms with Crippen LogP contribution in [0.25, 0.3) is 72.3 Å². The monoisotopic (exact) mass is 647 g/mol. The van der Waals surface area contributed by atoms with Gasteiger partial charge in [0.15, 0.2) is 0 Å². The van der Waals surface area contributed by atoms with Crippen LogP contribution in [0.1, 0.15) is 43.2 Å². The van der Waals surface area contributed by atoms with Crippen molar-refractivity contribution >= 4 is 55.5 Å². The second kappa shape index (κ2) is 11.5. The third-order valence-corrected chi connectivity index (χ3v) is 10.0. The number of fused-ring (bicyclic) bond motifs is 8. The van der Waals surface area contributed by atoms with Crippen LogP contribution in [-0.2, 0) is 11.8 Å². The molecule has 0 saturated carbocycles. The molecule has 0 bridgehead atoms. The van der Waals surface area contributed by atoms with Crippen LogP contribution in [0.3, 0.4) is 0 Å².